The van der Waals surface area contributed by atoms with Crippen molar-refractivity contribution in [3.8, 4) is 0 Å². The molecule has 0 aliphatic heterocycles. The molecule has 0 N–H and O–H groups in total. The van der Waals surface area contributed by atoms with Crippen LogP contribution in [-0.2, 0) is 9.47 Å². The van der Waals surface area contributed by atoms with Crippen molar-refractivity contribution in [2.75, 3.05) is 26.4 Å². The molecule has 2 unspecified atom stereocenters. The molecule has 0 aromatic rings. The minimum Gasteiger partial charge on any atom is -0.379 e. The highest BCUT2D eigenvalue weighted by Gasteiger charge is 2.23. The van der Waals surface area contributed by atoms with Gasteiger partial charge in [-0.15, -0.1) is 0 Å². The van der Waals surface area contributed by atoms with E-state index in [-0.39, 0.29) is 0 Å². The van der Waals surface area contributed by atoms with Crippen LogP contribution >= 0.6 is 0 Å². The van der Waals surface area contributed by atoms with Crippen molar-refractivity contribution in [2.24, 2.45) is 17.8 Å². The maximum absolute atomic E-state index is 5.56. The predicted molar refractivity (Wildman–Crippen MR) is 72.2 cm³/mol. The van der Waals surface area contributed by atoms with Gasteiger partial charge in [0.05, 0.1) is 13.2 Å². The SMILES string of the molecule is CCOCCOCCCC1CC(C)CC(C)C1. The lowest BCUT2D eigenvalue weighted by molar-refractivity contribution is 0.0488. The van der Waals surface area contributed by atoms with E-state index < -0.39 is 0 Å². The smallest absolute Gasteiger partial charge is 0.0700 e. The van der Waals surface area contributed by atoms with Crippen LogP contribution in [0.5, 0.6) is 0 Å². The van der Waals surface area contributed by atoms with Crippen LogP contribution in [0.2, 0.25) is 0 Å². The van der Waals surface area contributed by atoms with E-state index in [1.165, 1.54) is 32.1 Å². The first-order chi connectivity index (χ1) is 8.22. The summed E-state index contributed by atoms with van der Waals surface area (Å²) in [7, 11) is 0. The van der Waals surface area contributed by atoms with Crippen LogP contribution < -0.4 is 0 Å². The van der Waals surface area contributed by atoms with Crippen LogP contribution in [0.1, 0.15) is 52.9 Å². The van der Waals surface area contributed by atoms with Crippen molar-refractivity contribution in [1.82, 2.24) is 0 Å². The van der Waals surface area contributed by atoms with Crippen LogP contribution in [0.15, 0.2) is 0 Å². The third kappa shape index (κ3) is 7.05. The minimum atomic E-state index is 0.744. The highest BCUT2D eigenvalue weighted by Crippen LogP contribution is 2.35. The highest BCUT2D eigenvalue weighted by atomic mass is 16.5. The Balaban J connectivity index is 1.95. The summed E-state index contributed by atoms with van der Waals surface area (Å²) in [4.78, 5) is 0. The van der Waals surface area contributed by atoms with Crippen LogP contribution in [0, 0.1) is 17.8 Å². The zero-order chi connectivity index (χ0) is 12.5. The molecule has 1 aliphatic carbocycles. The molecule has 1 saturated carbocycles. The second-order valence-electron chi connectivity index (χ2n) is 5.74. The fourth-order valence-corrected chi connectivity index (χ4v) is 3.19. The molecule has 2 heteroatoms. The average molecular weight is 242 g/mol. The van der Waals surface area contributed by atoms with Gasteiger partial charge in [0.25, 0.3) is 0 Å². The largest absolute Gasteiger partial charge is 0.379 e. The third-order valence-electron chi connectivity index (χ3n) is 3.75. The first kappa shape index (κ1) is 15.0. The Labute approximate surface area is 107 Å². The van der Waals surface area contributed by atoms with E-state index in [4.69, 9.17) is 9.47 Å². The molecule has 102 valence electrons. The van der Waals surface area contributed by atoms with Crippen LogP contribution in [0.4, 0.5) is 0 Å². The summed E-state index contributed by atoms with van der Waals surface area (Å²) in [5.41, 5.74) is 0. The molecule has 1 rings (SSSR count). The Kier molecular flexibility index (Phi) is 7.87. The zero-order valence-corrected chi connectivity index (χ0v) is 11.9. The molecule has 0 amide bonds. The van der Waals surface area contributed by atoms with E-state index in [1.807, 2.05) is 6.92 Å². The lowest BCUT2D eigenvalue weighted by Crippen LogP contribution is -2.20. The molecule has 0 aromatic heterocycles. The lowest BCUT2D eigenvalue weighted by Gasteiger charge is -2.31. The Bertz CT molecular complexity index is 172. The van der Waals surface area contributed by atoms with Gasteiger partial charge in [-0.1, -0.05) is 13.8 Å². The summed E-state index contributed by atoms with van der Waals surface area (Å²) in [6.45, 7) is 10.0. The maximum atomic E-state index is 5.56. The fourth-order valence-electron chi connectivity index (χ4n) is 3.19. The van der Waals surface area contributed by atoms with E-state index in [9.17, 15) is 0 Å². The van der Waals surface area contributed by atoms with Gasteiger partial charge < -0.3 is 9.47 Å². The molecule has 2 nitrogen and oxygen atoms in total. The number of ether oxygens (including phenoxy) is 2. The number of hydrogen-bond donors (Lipinski definition) is 0. The first-order valence-electron chi connectivity index (χ1n) is 7.37. The Morgan fingerprint density at radius 2 is 1.53 bits per heavy atom. The predicted octanol–water partition coefficient (Wildman–Crippen LogP) is 3.89. The van der Waals surface area contributed by atoms with Crippen LogP contribution in [0.3, 0.4) is 0 Å². The van der Waals surface area contributed by atoms with E-state index in [1.54, 1.807) is 0 Å². The molecule has 0 spiro atoms. The van der Waals surface area contributed by atoms with Gasteiger partial charge in [0.15, 0.2) is 0 Å². The van der Waals surface area contributed by atoms with Crippen molar-refractivity contribution in [1.29, 1.82) is 0 Å². The molecule has 1 aliphatic rings. The summed E-state index contributed by atoms with van der Waals surface area (Å²) in [5.74, 6) is 2.81. The van der Waals surface area contributed by atoms with Gasteiger partial charge >= 0.3 is 0 Å². The Morgan fingerprint density at radius 3 is 2.18 bits per heavy atom. The molecule has 17 heavy (non-hydrogen) atoms. The van der Waals surface area contributed by atoms with Crippen molar-refractivity contribution in [2.45, 2.75) is 52.9 Å². The van der Waals surface area contributed by atoms with Crippen LogP contribution in [0.25, 0.3) is 0 Å². The zero-order valence-electron chi connectivity index (χ0n) is 11.9. The number of rotatable bonds is 8. The molecule has 1 fully saturated rings. The second-order valence-corrected chi connectivity index (χ2v) is 5.74. The van der Waals surface area contributed by atoms with E-state index >= 15 is 0 Å². The van der Waals surface area contributed by atoms with Gasteiger partial charge in [-0.05, 0) is 56.8 Å². The fraction of sp³-hybridized carbons (Fsp3) is 1.00. The normalized spacial score (nSPS) is 29.5. The van der Waals surface area contributed by atoms with Gasteiger partial charge in [-0.2, -0.15) is 0 Å². The first-order valence-corrected chi connectivity index (χ1v) is 7.37. The molecule has 0 radical (unpaired) electrons. The van der Waals surface area contributed by atoms with Gasteiger partial charge in [-0.25, -0.2) is 0 Å². The summed E-state index contributed by atoms with van der Waals surface area (Å²) < 4.78 is 10.8. The van der Waals surface area contributed by atoms with E-state index in [0.717, 1.165) is 44.2 Å². The second kappa shape index (κ2) is 8.93. The molecular weight excluding hydrogens is 212 g/mol. The van der Waals surface area contributed by atoms with Crippen molar-refractivity contribution in [3.05, 3.63) is 0 Å². The van der Waals surface area contributed by atoms with Crippen LogP contribution in [-0.4, -0.2) is 26.4 Å². The van der Waals surface area contributed by atoms with E-state index in [0.29, 0.717) is 0 Å². The Hall–Kier alpha value is -0.0800. The monoisotopic (exact) mass is 242 g/mol. The topological polar surface area (TPSA) is 18.5 Å². The minimum absolute atomic E-state index is 0.744. The third-order valence-corrected chi connectivity index (χ3v) is 3.75. The van der Waals surface area contributed by atoms with Crippen molar-refractivity contribution in [3.63, 3.8) is 0 Å². The molecule has 2 atom stereocenters. The molecule has 0 bridgehead atoms. The van der Waals surface area contributed by atoms with Gasteiger partial charge in [-0.3, -0.25) is 0 Å². The molecule has 0 aromatic carbocycles. The van der Waals surface area contributed by atoms with Gasteiger partial charge in [0.2, 0.25) is 0 Å². The molecule has 0 heterocycles. The quantitative estimate of drug-likeness (QED) is 0.601. The summed E-state index contributed by atoms with van der Waals surface area (Å²) in [6.07, 6.45) is 6.87. The summed E-state index contributed by atoms with van der Waals surface area (Å²) in [5, 5.41) is 0. The summed E-state index contributed by atoms with van der Waals surface area (Å²) in [6, 6.07) is 0. The number of hydrogen-bond acceptors (Lipinski definition) is 2. The van der Waals surface area contributed by atoms with Gasteiger partial charge in [0, 0.05) is 13.2 Å². The van der Waals surface area contributed by atoms with Crippen molar-refractivity contribution >= 4 is 0 Å². The van der Waals surface area contributed by atoms with Gasteiger partial charge in [0.1, 0.15) is 0 Å². The highest BCUT2D eigenvalue weighted by molar-refractivity contribution is 4.74. The van der Waals surface area contributed by atoms with Crippen molar-refractivity contribution < 1.29 is 9.47 Å². The Morgan fingerprint density at radius 1 is 0.882 bits per heavy atom. The standard InChI is InChI=1S/C15H30O2/c1-4-16-8-9-17-7-5-6-15-11-13(2)10-14(3)12-15/h13-15H,4-12H2,1-3H3. The summed E-state index contributed by atoms with van der Waals surface area (Å²) >= 11 is 0. The molecular formula is C15H30O2. The maximum Gasteiger partial charge on any atom is 0.0700 e. The average Bonchev–Trinajstić information content (AvgIpc) is 2.26. The molecule has 0 saturated heterocycles. The lowest BCUT2D eigenvalue weighted by atomic mass is 9.75. The van der Waals surface area contributed by atoms with E-state index in [2.05, 4.69) is 13.8 Å².